The van der Waals surface area contributed by atoms with Crippen molar-refractivity contribution in [3.05, 3.63) is 88.7 Å². The van der Waals surface area contributed by atoms with Crippen LogP contribution in [0.4, 0.5) is 32.0 Å². The van der Waals surface area contributed by atoms with E-state index in [-0.39, 0.29) is 42.8 Å². The second kappa shape index (κ2) is 13.3. The summed E-state index contributed by atoms with van der Waals surface area (Å²) in [6.45, 7) is 4.74. The van der Waals surface area contributed by atoms with Gasteiger partial charge in [0.1, 0.15) is 11.7 Å². The van der Waals surface area contributed by atoms with Crippen molar-refractivity contribution in [3.63, 3.8) is 0 Å². The fraction of sp³-hybridized carbons (Fsp3) is 0.355. The van der Waals surface area contributed by atoms with Crippen molar-refractivity contribution in [2.45, 2.75) is 43.9 Å². The van der Waals surface area contributed by atoms with Crippen molar-refractivity contribution in [1.82, 2.24) is 14.5 Å². The third-order valence-electron chi connectivity index (χ3n) is 7.81. The molecule has 0 aliphatic heterocycles. The van der Waals surface area contributed by atoms with Gasteiger partial charge in [-0.25, -0.2) is 13.4 Å². The summed E-state index contributed by atoms with van der Waals surface area (Å²) in [6.07, 6.45) is -9.31. The second-order valence-corrected chi connectivity index (χ2v) is 12.6. The zero-order valence-corrected chi connectivity index (χ0v) is 26.2. The minimum atomic E-state index is -5.21. The van der Waals surface area contributed by atoms with E-state index < -0.39 is 38.4 Å². The van der Waals surface area contributed by atoms with Gasteiger partial charge in [-0.3, -0.25) is 9.71 Å². The minimum absolute atomic E-state index is 0.0419. The molecule has 46 heavy (non-hydrogen) atoms. The molecular weight excluding hydrogens is 634 g/mol. The van der Waals surface area contributed by atoms with Crippen LogP contribution in [0, 0.1) is 5.41 Å². The number of halogens is 6. The first-order chi connectivity index (χ1) is 21.4. The number of sulfonamides is 1. The van der Waals surface area contributed by atoms with Crippen molar-refractivity contribution in [2.24, 2.45) is 12.8 Å². The average molecular weight is 669 g/mol. The fourth-order valence-electron chi connectivity index (χ4n) is 5.09. The number of fused-ring (bicyclic) bond motifs is 1. The van der Waals surface area contributed by atoms with E-state index in [1.165, 1.54) is 12.1 Å². The van der Waals surface area contributed by atoms with Crippen LogP contribution in [0.2, 0.25) is 0 Å². The molecule has 4 rings (SSSR count). The molecule has 4 aromatic rings. The number of rotatable bonds is 12. The molecule has 1 aromatic heterocycles. The monoisotopic (exact) mass is 668 g/mol. The lowest BCUT2D eigenvalue weighted by molar-refractivity contribution is -0.143. The Labute approximate surface area is 263 Å². The topological polar surface area (TPSA) is 108 Å². The summed E-state index contributed by atoms with van der Waals surface area (Å²) < 4.78 is 112. The third kappa shape index (κ3) is 7.64. The number of aromatic nitrogens is 2. The first kappa shape index (κ1) is 34.8. The number of aryl methyl sites for hydroxylation is 3. The minimum Gasteiger partial charge on any atom is -0.384 e. The van der Waals surface area contributed by atoms with Crippen LogP contribution in [0.1, 0.15) is 41.9 Å². The Bertz CT molecular complexity index is 1780. The molecule has 1 heterocycles. The van der Waals surface area contributed by atoms with Crippen molar-refractivity contribution in [1.29, 1.82) is 5.41 Å². The molecule has 0 saturated heterocycles. The van der Waals surface area contributed by atoms with Gasteiger partial charge in [-0.1, -0.05) is 38.1 Å². The molecule has 0 spiro atoms. The molecule has 15 heteroatoms. The number of imidazole rings is 1. The van der Waals surface area contributed by atoms with E-state index in [9.17, 15) is 34.8 Å². The van der Waals surface area contributed by atoms with Crippen molar-refractivity contribution in [3.8, 4) is 0 Å². The highest BCUT2D eigenvalue weighted by Gasteiger charge is 2.39. The zero-order valence-electron chi connectivity index (χ0n) is 25.4. The van der Waals surface area contributed by atoms with E-state index >= 15 is 0 Å². The van der Waals surface area contributed by atoms with E-state index in [0.29, 0.717) is 48.4 Å². The Balaban J connectivity index is 1.75. The Hall–Kier alpha value is -4.11. The Morgan fingerprint density at radius 3 is 1.98 bits per heavy atom. The highest BCUT2D eigenvalue weighted by molar-refractivity contribution is 7.92. The van der Waals surface area contributed by atoms with Crippen LogP contribution >= 0.6 is 0 Å². The molecule has 3 aromatic carbocycles. The largest absolute Gasteiger partial charge is 0.416 e. The first-order valence-corrected chi connectivity index (χ1v) is 15.8. The van der Waals surface area contributed by atoms with E-state index in [0.717, 1.165) is 9.87 Å². The molecular formula is C31H34F6N6O2S. The van der Waals surface area contributed by atoms with Crippen molar-refractivity contribution >= 4 is 32.6 Å². The standard InChI is InChI=1S/C31H34F6N6O2S/c1-4-42(5-2)14-15-43(46(44,45)25-17-22(30(32,33)34)16-23(18-25)31(35,36)37)24-11-12-27-26(19-24)40-28(41(27)3)13-8-20-6-9-21(10-7-20)29(38)39/h6-7,9-12,16-19H,4-5,8,13-15H2,1-3H3,(H3,38,39). The quantitative estimate of drug-likeness (QED) is 0.106. The third-order valence-corrected chi connectivity index (χ3v) is 9.62. The zero-order chi connectivity index (χ0) is 34.0. The summed E-state index contributed by atoms with van der Waals surface area (Å²) in [5.74, 6) is 0.632. The van der Waals surface area contributed by atoms with E-state index in [1.807, 2.05) is 35.4 Å². The van der Waals surface area contributed by atoms with Gasteiger partial charge in [-0.05, 0) is 61.5 Å². The summed E-state index contributed by atoms with van der Waals surface area (Å²) in [4.78, 5) is 5.44. The summed E-state index contributed by atoms with van der Waals surface area (Å²) in [7, 11) is -3.12. The van der Waals surface area contributed by atoms with Gasteiger partial charge in [0.25, 0.3) is 10.0 Å². The van der Waals surface area contributed by atoms with Crippen LogP contribution in [-0.2, 0) is 42.3 Å². The predicted molar refractivity (Wildman–Crippen MR) is 164 cm³/mol. The predicted octanol–water partition coefficient (Wildman–Crippen LogP) is 6.22. The van der Waals surface area contributed by atoms with Gasteiger partial charge in [0.05, 0.1) is 32.7 Å². The van der Waals surface area contributed by atoms with Gasteiger partial charge >= 0.3 is 12.4 Å². The summed E-state index contributed by atoms with van der Waals surface area (Å²) >= 11 is 0. The molecule has 0 saturated carbocycles. The lowest BCUT2D eigenvalue weighted by atomic mass is 10.1. The SMILES string of the molecule is CCN(CC)CCN(c1ccc2c(c1)nc(CCc1ccc(C(=N)N)cc1)n2C)S(=O)(=O)c1cc(C(F)(F)F)cc(C(F)(F)F)c1. The highest BCUT2D eigenvalue weighted by atomic mass is 32.2. The van der Waals surface area contributed by atoms with Gasteiger partial charge in [0.15, 0.2) is 0 Å². The molecule has 3 N–H and O–H groups in total. The maximum atomic E-state index is 13.9. The Morgan fingerprint density at radius 2 is 1.46 bits per heavy atom. The number of nitrogen functional groups attached to an aromatic ring is 1. The number of nitrogens with one attached hydrogen (secondary N) is 1. The fourth-order valence-corrected chi connectivity index (χ4v) is 6.61. The molecule has 0 unspecified atom stereocenters. The number of benzene rings is 3. The van der Waals surface area contributed by atoms with E-state index in [1.54, 1.807) is 25.2 Å². The lowest BCUT2D eigenvalue weighted by Crippen LogP contribution is -2.39. The normalized spacial score (nSPS) is 12.7. The second-order valence-electron chi connectivity index (χ2n) is 10.7. The van der Waals surface area contributed by atoms with Gasteiger partial charge in [0.2, 0.25) is 0 Å². The molecule has 0 amide bonds. The van der Waals surface area contributed by atoms with E-state index in [4.69, 9.17) is 11.1 Å². The molecule has 0 bridgehead atoms. The van der Waals surface area contributed by atoms with Crippen LogP contribution in [0.3, 0.4) is 0 Å². The number of anilines is 1. The smallest absolute Gasteiger partial charge is 0.384 e. The summed E-state index contributed by atoms with van der Waals surface area (Å²) in [5, 5.41) is 7.53. The molecule has 0 aliphatic rings. The summed E-state index contributed by atoms with van der Waals surface area (Å²) in [5.41, 5.74) is 4.77. The average Bonchev–Trinajstić information content (AvgIpc) is 3.31. The van der Waals surface area contributed by atoms with E-state index in [2.05, 4.69) is 4.98 Å². The number of nitrogens with two attached hydrogens (primary N) is 1. The molecule has 0 atom stereocenters. The first-order valence-electron chi connectivity index (χ1n) is 14.4. The van der Waals surface area contributed by atoms with Gasteiger partial charge < -0.3 is 15.2 Å². The lowest BCUT2D eigenvalue weighted by Gasteiger charge is -2.28. The number of amidine groups is 1. The molecule has 0 aliphatic carbocycles. The summed E-state index contributed by atoms with van der Waals surface area (Å²) in [6, 6.07) is 12.1. The maximum Gasteiger partial charge on any atom is 0.416 e. The van der Waals surface area contributed by atoms with Crippen molar-refractivity contribution < 1.29 is 34.8 Å². The highest BCUT2D eigenvalue weighted by Crippen LogP contribution is 2.38. The molecule has 0 radical (unpaired) electrons. The van der Waals surface area contributed by atoms with Crippen LogP contribution < -0.4 is 10.0 Å². The number of nitrogens with zero attached hydrogens (tertiary/aromatic N) is 4. The van der Waals surface area contributed by atoms with Crippen LogP contribution in [0.25, 0.3) is 11.0 Å². The van der Waals surface area contributed by atoms with Crippen LogP contribution in [-0.4, -0.2) is 54.9 Å². The molecule has 8 nitrogen and oxygen atoms in total. The van der Waals surface area contributed by atoms with Crippen molar-refractivity contribution in [2.75, 3.05) is 30.5 Å². The molecule has 248 valence electrons. The Morgan fingerprint density at radius 1 is 0.870 bits per heavy atom. The number of alkyl halides is 6. The number of hydrogen-bond acceptors (Lipinski definition) is 5. The Kier molecular flexibility index (Phi) is 10.1. The maximum absolute atomic E-state index is 13.9. The van der Waals surface area contributed by atoms with Crippen LogP contribution in [0.15, 0.2) is 65.6 Å². The number of hydrogen-bond donors (Lipinski definition) is 2. The molecule has 0 fully saturated rings. The van der Waals surface area contributed by atoms with Gasteiger partial charge in [-0.15, -0.1) is 0 Å². The van der Waals surface area contributed by atoms with Gasteiger partial charge in [0, 0.05) is 32.1 Å². The number of likely N-dealkylation sites (N-methyl/N-ethyl adjacent to an activating group) is 1. The van der Waals surface area contributed by atoms with Crippen LogP contribution in [0.5, 0.6) is 0 Å². The van der Waals surface area contributed by atoms with Gasteiger partial charge in [-0.2, -0.15) is 26.3 Å².